The van der Waals surface area contributed by atoms with Crippen molar-refractivity contribution in [1.82, 2.24) is 4.98 Å². The second-order valence-electron chi connectivity index (χ2n) is 13.2. The Labute approximate surface area is 302 Å². The van der Waals surface area contributed by atoms with E-state index in [-0.39, 0.29) is 46.8 Å². The number of carbonyl (C=O) groups is 4. The highest BCUT2D eigenvalue weighted by atomic mass is 32.2. The first-order chi connectivity index (χ1) is 24.9. The summed E-state index contributed by atoms with van der Waals surface area (Å²) in [7, 11) is 0. The van der Waals surface area contributed by atoms with Gasteiger partial charge < -0.3 is 19.8 Å². The number of aromatic amines is 1. The normalized spacial score (nSPS) is 25.8. The second kappa shape index (κ2) is 13.0. The predicted molar refractivity (Wildman–Crippen MR) is 185 cm³/mol. The summed E-state index contributed by atoms with van der Waals surface area (Å²) in [6.45, 7) is 1.60. The van der Waals surface area contributed by atoms with E-state index >= 15 is 0 Å². The third-order valence-electron chi connectivity index (χ3n) is 10.4. The van der Waals surface area contributed by atoms with Crippen LogP contribution < -0.4 is 19.8 Å². The van der Waals surface area contributed by atoms with Crippen molar-refractivity contribution in [3.8, 4) is 5.75 Å². The molecule has 2 bridgehead atoms. The van der Waals surface area contributed by atoms with E-state index in [1.807, 2.05) is 12.1 Å². The molecule has 3 aromatic carbocycles. The fraction of sp³-hybridized carbons (Fsp3) is 0.324. The monoisotopic (exact) mass is 749 g/mol. The smallest absolute Gasteiger partial charge is 0.416 e. The molecule has 7 atom stereocenters. The number of nitrogens with one attached hydrogen (secondary N) is 2. The zero-order valence-electron chi connectivity index (χ0n) is 27.3. The van der Waals surface area contributed by atoms with Gasteiger partial charge in [0.1, 0.15) is 5.75 Å². The molecule has 2 saturated carbocycles. The number of H-pyrrole nitrogens is 1. The molecular weight excluding hydrogens is 720 g/mol. The summed E-state index contributed by atoms with van der Waals surface area (Å²) in [5.41, 5.74) is 0.480. The van der Waals surface area contributed by atoms with Gasteiger partial charge in [0.15, 0.2) is 6.61 Å². The summed E-state index contributed by atoms with van der Waals surface area (Å²) in [6.07, 6.45) is -4.06. The Hall–Kier alpha value is -4.89. The molecule has 3 fully saturated rings. The number of thioether (sulfide) groups is 1. The van der Waals surface area contributed by atoms with Crippen molar-refractivity contribution in [1.29, 1.82) is 0 Å². The summed E-state index contributed by atoms with van der Waals surface area (Å²) in [5.74, 6) is -4.06. The van der Waals surface area contributed by atoms with E-state index in [0.717, 1.165) is 38.8 Å². The maximum atomic E-state index is 14.1. The minimum atomic E-state index is -4.64. The third kappa shape index (κ3) is 5.70. The van der Waals surface area contributed by atoms with E-state index in [1.54, 1.807) is 43.3 Å². The number of alkyl halides is 3. The van der Waals surface area contributed by atoms with Crippen LogP contribution in [0.1, 0.15) is 45.6 Å². The van der Waals surface area contributed by atoms with Crippen molar-refractivity contribution in [3.63, 3.8) is 0 Å². The van der Waals surface area contributed by atoms with Crippen LogP contribution in [0.15, 0.2) is 82.6 Å². The number of hydrogen-bond acceptors (Lipinski definition) is 9. The van der Waals surface area contributed by atoms with Gasteiger partial charge in [-0.25, -0.2) is 4.79 Å². The third-order valence-corrected chi connectivity index (χ3v) is 13.0. The van der Waals surface area contributed by atoms with Crippen molar-refractivity contribution < 1.29 is 41.8 Å². The summed E-state index contributed by atoms with van der Waals surface area (Å²) in [6, 6.07) is 17.7. The van der Waals surface area contributed by atoms with Crippen LogP contribution in [-0.4, -0.2) is 47.1 Å². The largest absolute Gasteiger partial charge is 0.483 e. The Kier molecular flexibility index (Phi) is 8.52. The molecule has 268 valence electrons. The lowest BCUT2D eigenvalue weighted by Gasteiger charge is -2.43. The summed E-state index contributed by atoms with van der Waals surface area (Å²) in [4.78, 5) is 70.1. The number of esters is 1. The number of carbonyl (C=O) groups excluding carboxylic acids is 4. The lowest BCUT2D eigenvalue weighted by molar-refractivity contribution is -0.137. The first-order valence-corrected chi connectivity index (χ1v) is 18.4. The van der Waals surface area contributed by atoms with Crippen molar-refractivity contribution in [2.24, 2.45) is 29.6 Å². The lowest BCUT2D eigenvalue weighted by Crippen LogP contribution is -2.42. The molecule has 1 aromatic heterocycles. The molecule has 2 aliphatic carbocycles. The number of para-hydroxylation sites is 1. The number of anilines is 2. The van der Waals surface area contributed by atoms with Gasteiger partial charge >= 0.3 is 17.0 Å². The number of hydrogen-bond donors (Lipinski definition) is 2. The molecule has 8 rings (SSSR count). The zero-order chi connectivity index (χ0) is 36.5. The molecule has 0 spiro atoms. The number of amides is 3. The highest BCUT2D eigenvalue weighted by Crippen LogP contribution is 2.69. The topological polar surface area (TPSA) is 135 Å². The highest BCUT2D eigenvalue weighted by Gasteiger charge is 2.70. The van der Waals surface area contributed by atoms with Crippen LogP contribution in [0.25, 0.3) is 0 Å². The van der Waals surface area contributed by atoms with Gasteiger partial charge in [0, 0.05) is 27.3 Å². The van der Waals surface area contributed by atoms with E-state index in [4.69, 9.17) is 9.47 Å². The van der Waals surface area contributed by atoms with E-state index in [0.29, 0.717) is 28.4 Å². The fourth-order valence-corrected chi connectivity index (χ4v) is 11.4. The number of nitrogens with zero attached hydrogens (tertiary/aromatic N) is 1. The Morgan fingerprint density at radius 1 is 0.962 bits per heavy atom. The molecule has 0 radical (unpaired) electrons. The molecule has 10 nitrogen and oxygen atoms in total. The first kappa shape index (κ1) is 34.2. The molecule has 15 heteroatoms. The van der Waals surface area contributed by atoms with Gasteiger partial charge in [-0.15, -0.1) is 11.8 Å². The standard InChI is InChI=1S/C37H30F3N3O7S2/c1-2-49-35(47)17-10-12-19(13-11-17)41-25(44)16-50-24-9-4-3-8-21(24)26-27-22-15-23(30(27)51-32-31(26)52-36(48)42-32)29-28(22)33(45)43(34(29)46)20-7-5-6-18(14-20)37(38,39)40/h3-14,22-23,26-30H,2,15-16H2,1H3,(H,41,44)(H,42,48)/t22-,23-,26+,27-,28+,29+,30-/m1/s1. The summed E-state index contributed by atoms with van der Waals surface area (Å²) >= 11 is 2.56. The minimum Gasteiger partial charge on any atom is -0.483 e. The average molecular weight is 750 g/mol. The van der Waals surface area contributed by atoms with Gasteiger partial charge in [0.25, 0.3) is 5.91 Å². The van der Waals surface area contributed by atoms with Crippen LogP contribution in [0.2, 0.25) is 0 Å². The van der Waals surface area contributed by atoms with E-state index < -0.39 is 53.2 Å². The molecule has 4 aromatic rings. The van der Waals surface area contributed by atoms with Gasteiger partial charge in [-0.2, -0.15) is 13.2 Å². The summed E-state index contributed by atoms with van der Waals surface area (Å²) in [5, 5.41) is 3.26. The zero-order valence-corrected chi connectivity index (χ0v) is 29.0. The number of ether oxygens (including phenoxy) is 2. The van der Waals surface area contributed by atoms with Crippen LogP contribution in [0.5, 0.6) is 5.75 Å². The minimum absolute atomic E-state index is 0.0961. The van der Waals surface area contributed by atoms with Gasteiger partial charge in [0.2, 0.25) is 11.8 Å². The Morgan fingerprint density at radius 2 is 1.69 bits per heavy atom. The molecule has 52 heavy (non-hydrogen) atoms. The van der Waals surface area contributed by atoms with Gasteiger partial charge in [-0.05, 0) is 79.6 Å². The Balaban J connectivity index is 1.07. The number of halogens is 3. The number of fused-ring (bicyclic) bond motifs is 9. The lowest BCUT2D eigenvalue weighted by atomic mass is 9.68. The predicted octanol–water partition coefficient (Wildman–Crippen LogP) is 6.33. The Morgan fingerprint density at radius 3 is 2.42 bits per heavy atom. The van der Waals surface area contributed by atoms with Crippen LogP contribution in [0.4, 0.5) is 24.5 Å². The van der Waals surface area contributed by atoms with Crippen molar-refractivity contribution in [2.45, 2.75) is 35.7 Å². The van der Waals surface area contributed by atoms with E-state index in [1.165, 1.54) is 23.9 Å². The molecule has 1 saturated heterocycles. The van der Waals surface area contributed by atoms with Crippen LogP contribution in [-0.2, 0) is 25.3 Å². The SMILES string of the molecule is CCOC(=O)c1ccc(NC(=O)COc2ccccc2[C@@H]2c3sc(=O)[nH]c3S[C@@H]3[C@@H]4C[C@@H]([C@@H]5C(=O)N(c6cccc(C(F)(F)F)c6)C(=O)[C@@H]45)[C@H]23)cc1. The average Bonchev–Trinajstić information content (AvgIpc) is 3.86. The molecule has 0 unspecified atom stereocenters. The van der Waals surface area contributed by atoms with Crippen LogP contribution >= 0.6 is 23.1 Å². The number of benzene rings is 3. The molecular formula is C37H30F3N3O7S2. The molecule has 3 amide bonds. The highest BCUT2D eigenvalue weighted by molar-refractivity contribution is 8.00. The molecule has 3 heterocycles. The molecule has 4 aliphatic rings. The molecule has 2 N–H and O–H groups in total. The quantitative estimate of drug-likeness (QED) is 0.158. The van der Waals surface area contributed by atoms with Crippen molar-refractivity contribution >= 4 is 58.2 Å². The fourth-order valence-electron chi connectivity index (χ4n) is 8.55. The van der Waals surface area contributed by atoms with Crippen molar-refractivity contribution in [3.05, 3.63) is 104 Å². The number of aromatic nitrogens is 1. The molecule has 2 aliphatic heterocycles. The van der Waals surface area contributed by atoms with E-state index in [2.05, 4.69) is 10.3 Å². The number of imide groups is 1. The van der Waals surface area contributed by atoms with Crippen molar-refractivity contribution in [2.75, 3.05) is 23.4 Å². The van der Waals surface area contributed by atoms with Gasteiger partial charge in [0.05, 0.1) is 40.3 Å². The Bertz CT molecular complexity index is 2170. The van der Waals surface area contributed by atoms with Gasteiger partial charge in [-0.1, -0.05) is 35.6 Å². The second-order valence-corrected chi connectivity index (χ2v) is 15.4. The maximum absolute atomic E-state index is 14.1. The summed E-state index contributed by atoms with van der Waals surface area (Å²) < 4.78 is 51.8. The number of rotatable bonds is 8. The van der Waals surface area contributed by atoms with E-state index in [9.17, 15) is 37.1 Å². The van der Waals surface area contributed by atoms with Gasteiger partial charge in [-0.3, -0.25) is 24.1 Å². The van der Waals surface area contributed by atoms with Crippen LogP contribution in [0, 0.1) is 29.6 Å². The van der Waals surface area contributed by atoms with Crippen LogP contribution in [0.3, 0.4) is 0 Å². The first-order valence-electron chi connectivity index (χ1n) is 16.7. The maximum Gasteiger partial charge on any atom is 0.416 e. The number of thiazole rings is 1.